The van der Waals surface area contributed by atoms with Crippen LogP contribution in [0.5, 0.6) is 0 Å². The molecule has 0 unspecified atom stereocenters. The third kappa shape index (κ3) is 6.67. The van der Waals surface area contributed by atoms with Crippen LogP contribution < -0.4 is 5.32 Å². The van der Waals surface area contributed by atoms with Crippen LogP contribution in [0.3, 0.4) is 0 Å². The van der Waals surface area contributed by atoms with Gasteiger partial charge in [-0.2, -0.15) is 0 Å². The monoisotopic (exact) mass is 531 g/mol. The summed E-state index contributed by atoms with van der Waals surface area (Å²) >= 11 is 0. The van der Waals surface area contributed by atoms with E-state index < -0.39 is 15.6 Å². The van der Waals surface area contributed by atoms with Crippen LogP contribution in [-0.2, 0) is 37.2 Å². The average molecular weight is 532 g/mol. The first-order valence-electron chi connectivity index (χ1n) is 13.7. The molecule has 1 N–H and O–H groups in total. The molecule has 1 saturated carbocycles. The quantitative estimate of drug-likeness (QED) is 0.499. The number of benzene rings is 1. The molecule has 1 aromatic rings. The summed E-state index contributed by atoms with van der Waals surface area (Å²) in [5.41, 5.74) is 2.10. The van der Waals surface area contributed by atoms with Gasteiger partial charge in [-0.15, -0.1) is 0 Å². The Labute approximate surface area is 221 Å². The van der Waals surface area contributed by atoms with Crippen molar-refractivity contribution in [3.63, 3.8) is 0 Å². The predicted molar refractivity (Wildman–Crippen MR) is 144 cm³/mol. The average Bonchev–Trinajstić information content (AvgIpc) is 3.17. The van der Waals surface area contributed by atoms with Crippen molar-refractivity contribution in [3.05, 3.63) is 34.9 Å². The highest BCUT2D eigenvalue weighted by Gasteiger charge is 2.48. The predicted octanol–water partition coefficient (Wildman–Crippen LogP) is 3.20. The van der Waals surface area contributed by atoms with Crippen molar-refractivity contribution in [1.29, 1.82) is 0 Å². The number of amides is 1. The summed E-state index contributed by atoms with van der Waals surface area (Å²) in [6.45, 7) is 7.70. The van der Waals surface area contributed by atoms with Crippen LogP contribution in [0, 0.1) is 18.8 Å². The van der Waals surface area contributed by atoms with Gasteiger partial charge >= 0.3 is 0 Å². The molecule has 0 aromatic heterocycles. The van der Waals surface area contributed by atoms with E-state index in [0.29, 0.717) is 44.7 Å². The number of Topliss-reactive ketones (excluding diaryl/α,β-unsaturated/α-hetero) is 1. The second-order valence-electron chi connectivity index (χ2n) is 11.0. The van der Waals surface area contributed by atoms with E-state index in [2.05, 4.69) is 5.32 Å². The number of amidine groups is 1. The maximum absolute atomic E-state index is 13.1. The first-order valence-corrected chi connectivity index (χ1v) is 15.3. The van der Waals surface area contributed by atoms with Crippen molar-refractivity contribution in [1.82, 2.24) is 9.62 Å². The molecule has 3 aliphatic rings. The number of carbonyl (C=O) groups excluding carboxylic acids is 2. The molecule has 9 heteroatoms. The second kappa shape index (κ2) is 11.7. The van der Waals surface area contributed by atoms with Crippen molar-refractivity contribution in [2.45, 2.75) is 77.7 Å². The van der Waals surface area contributed by atoms with Gasteiger partial charge in [0.25, 0.3) is 5.91 Å². The molecule has 0 radical (unpaired) electrons. The Kier molecular flexibility index (Phi) is 8.86. The Balaban J connectivity index is 1.31. The zero-order valence-corrected chi connectivity index (χ0v) is 23.2. The molecule has 204 valence electrons. The molecule has 4 rings (SSSR count). The first kappa shape index (κ1) is 27.9. The van der Waals surface area contributed by atoms with Gasteiger partial charge in [0.15, 0.2) is 0 Å². The van der Waals surface area contributed by atoms with E-state index in [1.165, 1.54) is 4.31 Å². The van der Waals surface area contributed by atoms with E-state index >= 15 is 0 Å². The van der Waals surface area contributed by atoms with Crippen molar-refractivity contribution >= 4 is 27.5 Å². The van der Waals surface area contributed by atoms with Gasteiger partial charge in [-0.25, -0.2) is 12.7 Å². The lowest BCUT2D eigenvalue weighted by molar-refractivity contribution is -0.125. The largest absolute Gasteiger partial charge is 0.381 e. The summed E-state index contributed by atoms with van der Waals surface area (Å²) < 4.78 is 33.3. The highest BCUT2D eigenvalue weighted by molar-refractivity contribution is 7.89. The van der Waals surface area contributed by atoms with Crippen LogP contribution in [-0.4, -0.2) is 67.8 Å². The highest BCUT2D eigenvalue weighted by Crippen LogP contribution is 2.36. The van der Waals surface area contributed by atoms with Crippen LogP contribution in [0.2, 0.25) is 0 Å². The number of aliphatic imine (C=N–C) groups is 1. The van der Waals surface area contributed by atoms with Crippen LogP contribution >= 0.6 is 0 Å². The molecule has 1 amide bonds. The van der Waals surface area contributed by atoms with Crippen LogP contribution in [0.1, 0.15) is 69.1 Å². The number of sulfonamides is 1. The molecule has 2 heterocycles. The Morgan fingerprint density at radius 3 is 2.51 bits per heavy atom. The lowest BCUT2D eigenvalue weighted by Gasteiger charge is -2.34. The molecule has 1 spiro atoms. The number of ether oxygens (including phenoxy) is 1. The number of rotatable bonds is 10. The zero-order chi connectivity index (χ0) is 26.6. The van der Waals surface area contributed by atoms with Gasteiger partial charge in [0, 0.05) is 38.6 Å². The number of ketones is 1. The SMILES string of the molecule is CCOCC1CCC(C2=NC3(CCN(S(=O)(=O)CCc4ccc(CC(C)=O)cc4C)CC3)C(=O)N2)CC1. The third-order valence-electron chi connectivity index (χ3n) is 8.22. The highest BCUT2D eigenvalue weighted by atomic mass is 32.2. The summed E-state index contributed by atoms with van der Waals surface area (Å²) in [6, 6.07) is 5.80. The summed E-state index contributed by atoms with van der Waals surface area (Å²) in [6.07, 6.45) is 5.81. The number of hydrogen-bond donors (Lipinski definition) is 1. The molecule has 2 fully saturated rings. The molecule has 37 heavy (non-hydrogen) atoms. The molecule has 8 nitrogen and oxygen atoms in total. The number of nitrogens with zero attached hydrogens (tertiary/aromatic N) is 2. The maximum atomic E-state index is 13.1. The Morgan fingerprint density at radius 2 is 1.89 bits per heavy atom. The van der Waals surface area contributed by atoms with Gasteiger partial charge in [0.1, 0.15) is 17.2 Å². The number of carbonyl (C=O) groups is 2. The summed E-state index contributed by atoms with van der Waals surface area (Å²) in [5.74, 6) is 1.72. The fourth-order valence-electron chi connectivity index (χ4n) is 5.90. The smallest absolute Gasteiger partial charge is 0.253 e. The minimum Gasteiger partial charge on any atom is -0.381 e. The van der Waals surface area contributed by atoms with E-state index in [1.807, 2.05) is 32.0 Å². The van der Waals surface area contributed by atoms with Crippen LogP contribution in [0.4, 0.5) is 0 Å². The summed E-state index contributed by atoms with van der Waals surface area (Å²) in [4.78, 5) is 29.2. The lowest BCUT2D eigenvalue weighted by atomic mass is 9.82. The van der Waals surface area contributed by atoms with Crippen LogP contribution in [0.15, 0.2) is 23.2 Å². The molecule has 1 aromatic carbocycles. The second-order valence-corrected chi connectivity index (χ2v) is 13.1. The van der Waals surface area contributed by atoms with Gasteiger partial charge in [-0.3, -0.25) is 14.6 Å². The van der Waals surface area contributed by atoms with Gasteiger partial charge < -0.3 is 10.1 Å². The molecule has 1 saturated heterocycles. The Hall–Kier alpha value is -2.10. The fourth-order valence-corrected chi connectivity index (χ4v) is 7.37. The van der Waals surface area contributed by atoms with E-state index in [0.717, 1.165) is 61.4 Å². The minimum absolute atomic E-state index is 0.0264. The zero-order valence-electron chi connectivity index (χ0n) is 22.4. The standard InChI is InChI=1S/C28H41N3O5S/c1-4-36-19-22-5-9-25(10-6-22)26-29-27(33)28(30-26)12-14-31(15-13-28)37(34,35)16-11-24-8-7-23(17-20(24)2)18-21(3)32/h7-8,17,22,25H,4-6,9-16,18-19H2,1-3H3,(H,29,30,33). The van der Waals surface area contributed by atoms with E-state index in [1.54, 1.807) is 6.92 Å². The maximum Gasteiger partial charge on any atom is 0.253 e. The van der Waals surface area contributed by atoms with Crippen molar-refractivity contribution in [3.8, 4) is 0 Å². The van der Waals surface area contributed by atoms with Gasteiger partial charge in [0.2, 0.25) is 10.0 Å². The topological polar surface area (TPSA) is 105 Å². The van der Waals surface area contributed by atoms with E-state index in [-0.39, 0.29) is 23.4 Å². The molecule has 2 aliphatic heterocycles. The number of aryl methyl sites for hydroxylation is 2. The Morgan fingerprint density at radius 1 is 1.19 bits per heavy atom. The molecular formula is C28H41N3O5S. The van der Waals surface area contributed by atoms with Gasteiger partial charge in [-0.1, -0.05) is 18.2 Å². The van der Waals surface area contributed by atoms with Crippen molar-refractivity contribution in [2.75, 3.05) is 32.1 Å². The Bertz CT molecular complexity index is 1130. The molecule has 1 aliphatic carbocycles. The molecular weight excluding hydrogens is 490 g/mol. The van der Waals surface area contributed by atoms with Crippen molar-refractivity contribution < 1.29 is 22.7 Å². The van der Waals surface area contributed by atoms with Crippen LogP contribution in [0.25, 0.3) is 0 Å². The minimum atomic E-state index is -3.45. The lowest BCUT2D eigenvalue weighted by Crippen LogP contribution is -2.51. The molecule has 0 atom stereocenters. The number of nitrogens with one attached hydrogen (secondary N) is 1. The number of hydrogen-bond acceptors (Lipinski definition) is 6. The summed E-state index contributed by atoms with van der Waals surface area (Å²) in [5, 5.41) is 3.06. The van der Waals surface area contributed by atoms with E-state index in [4.69, 9.17) is 9.73 Å². The molecule has 0 bridgehead atoms. The first-order chi connectivity index (χ1) is 17.6. The fraction of sp³-hybridized carbons (Fsp3) is 0.679. The summed E-state index contributed by atoms with van der Waals surface area (Å²) in [7, 11) is -3.45. The third-order valence-corrected chi connectivity index (χ3v) is 10.1. The van der Waals surface area contributed by atoms with E-state index in [9.17, 15) is 18.0 Å². The van der Waals surface area contributed by atoms with Gasteiger partial charge in [-0.05, 0) is 88.3 Å². The normalized spacial score (nSPS) is 24.2. The number of piperidine rings is 1. The van der Waals surface area contributed by atoms with Gasteiger partial charge in [0.05, 0.1) is 5.75 Å². The van der Waals surface area contributed by atoms with Crippen molar-refractivity contribution in [2.24, 2.45) is 16.8 Å².